The summed E-state index contributed by atoms with van der Waals surface area (Å²) in [6, 6.07) is 4.13. The van der Waals surface area contributed by atoms with Crippen molar-refractivity contribution < 1.29 is 18.0 Å². The van der Waals surface area contributed by atoms with Crippen molar-refractivity contribution >= 4 is 27.7 Å². The van der Waals surface area contributed by atoms with Crippen LogP contribution in [-0.4, -0.2) is 35.0 Å². The molecule has 1 amide bonds. The molecule has 2 aromatic rings. The fraction of sp³-hybridized carbons (Fsp3) is 0.353. The molecule has 1 fully saturated rings. The molecule has 3 heterocycles. The molecule has 0 aliphatic carbocycles. The van der Waals surface area contributed by atoms with Gasteiger partial charge in [0.15, 0.2) is 0 Å². The van der Waals surface area contributed by atoms with Crippen LogP contribution in [0.1, 0.15) is 28.8 Å². The molecule has 1 N–H and O–H groups in total. The van der Waals surface area contributed by atoms with Crippen LogP contribution in [-0.2, 0) is 6.18 Å². The lowest BCUT2D eigenvalue weighted by molar-refractivity contribution is -0.137. The van der Waals surface area contributed by atoms with Gasteiger partial charge in [0.05, 0.1) is 11.1 Å². The number of carbonyl (C=O) groups is 1. The number of anilines is 1. The average molecular weight is 429 g/mol. The van der Waals surface area contributed by atoms with Gasteiger partial charge in [-0.3, -0.25) is 9.78 Å². The third-order valence-corrected chi connectivity index (χ3v) is 4.63. The summed E-state index contributed by atoms with van der Waals surface area (Å²) >= 11 is 3.28. The Morgan fingerprint density at radius 1 is 1.19 bits per heavy atom. The number of nitrogens with one attached hydrogen (secondary N) is 1. The van der Waals surface area contributed by atoms with Crippen molar-refractivity contribution in [2.24, 2.45) is 0 Å². The molecule has 0 atom stereocenters. The molecule has 0 bridgehead atoms. The highest BCUT2D eigenvalue weighted by atomic mass is 79.9. The fourth-order valence-corrected chi connectivity index (χ4v) is 3.16. The third-order valence-electron chi connectivity index (χ3n) is 4.20. The Morgan fingerprint density at radius 2 is 1.92 bits per heavy atom. The van der Waals surface area contributed by atoms with Crippen molar-refractivity contribution in [1.29, 1.82) is 0 Å². The number of hydrogen-bond acceptors (Lipinski definition) is 4. The Labute approximate surface area is 156 Å². The fourth-order valence-electron chi connectivity index (χ4n) is 2.80. The lowest BCUT2D eigenvalue weighted by Gasteiger charge is -2.33. The summed E-state index contributed by atoms with van der Waals surface area (Å²) < 4.78 is 38.5. The SMILES string of the molecule is O=C(NC1CCN(c2ccc(C(F)(F)F)cn2)CC1)c1cncc(Br)c1. The molecule has 5 nitrogen and oxygen atoms in total. The quantitative estimate of drug-likeness (QED) is 0.810. The van der Waals surface area contributed by atoms with Crippen molar-refractivity contribution in [3.05, 3.63) is 52.4 Å². The molecule has 1 aliphatic heterocycles. The van der Waals surface area contributed by atoms with E-state index in [0.29, 0.717) is 37.3 Å². The van der Waals surface area contributed by atoms with Crippen LogP contribution in [0.4, 0.5) is 19.0 Å². The van der Waals surface area contributed by atoms with Gasteiger partial charge in [0.2, 0.25) is 0 Å². The summed E-state index contributed by atoms with van der Waals surface area (Å²) in [5, 5.41) is 2.97. The molecule has 0 unspecified atom stereocenters. The van der Waals surface area contributed by atoms with E-state index in [9.17, 15) is 18.0 Å². The van der Waals surface area contributed by atoms with E-state index in [-0.39, 0.29) is 11.9 Å². The monoisotopic (exact) mass is 428 g/mol. The third kappa shape index (κ3) is 4.51. The molecule has 0 spiro atoms. The van der Waals surface area contributed by atoms with Gasteiger partial charge < -0.3 is 10.2 Å². The van der Waals surface area contributed by atoms with Crippen molar-refractivity contribution in [2.75, 3.05) is 18.0 Å². The number of aromatic nitrogens is 2. The van der Waals surface area contributed by atoms with E-state index in [1.54, 1.807) is 12.3 Å². The molecule has 0 saturated carbocycles. The van der Waals surface area contributed by atoms with Crippen molar-refractivity contribution in [3.8, 4) is 0 Å². The van der Waals surface area contributed by atoms with Gasteiger partial charge in [-0.15, -0.1) is 0 Å². The van der Waals surface area contributed by atoms with Crippen molar-refractivity contribution in [3.63, 3.8) is 0 Å². The second-order valence-corrected chi connectivity index (χ2v) is 6.95. The number of alkyl halides is 3. The van der Waals surface area contributed by atoms with Crippen LogP contribution >= 0.6 is 15.9 Å². The molecule has 3 rings (SSSR count). The second kappa shape index (κ2) is 7.61. The summed E-state index contributed by atoms with van der Waals surface area (Å²) in [6.45, 7) is 1.22. The topological polar surface area (TPSA) is 58.1 Å². The smallest absolute Gasteiger partial charge is 0.356 e. The molecular weight excluding hydrogens is 413 g/mol. The molecule has 2 aromatic heterocycles. The first-order chi connectivity index (χ1) is 12.3. The number of pyridine rings is 2. The minimum absolute atomic E-state index is 0.00665. The maximum Gasteiger partial charge on any atom is 0.417 e. The number of halogens is 4. The zero-order valence-electron chi connectivity index (χ0n) is 13.6. The van der Waals surface area contributed by atoms with Gasteiger partial charge in [-0.2, -0.15) is 13.2 Å². The first-order valence-electron chi connectivity index (χ1n) is 8.02. The van der Waals surface area contributed by atoms with E-state index >= 15 is 0 Å². The molecule has 1 saturated heterocycles. The minimum Gasteiger partial charge on any atom is -0.356 e. The van der Waals surface area contributed by atoms with Gasteiger partial charge in [0, 0.05) is 42.2 Å². The number of piperidine rings is 1. The average Bonchev–Trinajstić information content (AvgIpc) is 2.62. The van der Waals surface area contributed by atoms with E-state index in [1.807, 2.05) is 4.90 Å². The normalized spacial score (nSPS) is 15.8. The van der Waals surface area contributed by atoms with E-state index in [0.717, 1.165) is 16.7 Å². The highest BCUT2D eigenvalue weighted by Gasteiger charge is 2.31. The number of carbonyl (C=O) groups excluding carboxylic acids is 1. The van der Waals surface area contributed by atoms with Gasteiger partial charge in [0.25, 0.3) is 5.91 Å². The summed E-state index contributed by atoms with van der Waals surface area (Å²) in [5.74, 6) is 0.323. The Kier molecular flexibility index (Phi) is 5.45. The van der Waals surface area contributed by atoms with Crippen LogP contribution in [0.15, 0.2) is 41.3 Å². The van der Waals surface area contributed by atoms with Crippen LogP contribution in [0, 0.1) is 0 Å². The number of rotatable bonds is 3. The zero-order chi connectivity index (χ0) is 18.7. The van der Waals surface area contributed by atoms with Crippen molar-refractivity contribution in [2.45, 2.75) is 25.1 Å². The molecule has 0 aromatic carbocycles. The van der Waals surface area contributed by atoms with Gasteiger partial charge >= 0.3 is 6.18 Å². The van der Waals surface area contributed by atoms with Crippen molar-refractivity contribution in [1.82, 2.24) is 15.3 Å². The van der Waals surface area contributed by atoms with Crippen LogP contribution in [0.25, 0.3) is 0 Å². The van der Waals surface area contributed by atoms with Crippen LogP contribution in [0.5, 0.6) is 0 Å². The molecule has 138 valence electrons. The molecule has 26 heavy (non-hydrogen) atoms. The molecular formula is C17H16BrF3N4O. The highest BCUT2D eigenvalue weighted by molar-refractivity contribution is 9.10. The maximum atomic E-state index is 12.6. The molecule has 9 heteroatoms. The number of hydrogen-bond donors (Lipinski definition) is 1. The first kappa shape index (κ1) is 18.6. The summed E-state index contributed by atoms with van der Waals surface area (Å²) in [5.41, 5.74) is -0.280. The maximum absolute atomic E-state index is 12.6. The van der Waals surface area contributed by atoms with E-state index in [4.69, 9.17) is 0 Å². The molecule has 0 radical (unpaired) electrons. The number of amides is 1. The minimum atomic E-state index is -4.38. The van der Waals surface area contributed by atoms with E-state index in [2.05, 4.69) is 31.2 Å². The largest absolute Gasteiger partial charge is 0.417 e. The van der Waals surface area contributed by atoms with Gasteiger partial charge in [0.1, 0.15) is 5.82 Å². The Balaban J connectivity index is 1.55. The Morgan fingerprint density at radius 3 is 2.50 bits per heavy atom. The number of nitrogens with zero attached hydrogens (tertiary/aromatic N) is 3. The van der Waals surface area contributed by atoms with Crippen LogP contribution < -0.4 is 10.2 Å². The zero-order valence-corrected chi connectivity index (χ0v) is 15.2. The van der Waals surface area contributed by atoms with E-state index in [1.165, 1.54) is 12.3 Å². The van der Waals surface area contributed by atoms with Crippen LogP contribution in [0.2, 0.25) is 0 Å². The van der Waals surface area contributed by atoms with Gasteiger partial charge in [-0.05, 0) is 47.0 Å². The lowest BCUT2D eigenvalue weighted by atomic mass is 10.0. The second-order valence-electron chi connectivity index (χ2n) is 6.03. The van der Waals surface area contributed by atoms with E-state index < -0.39 is 11.7 Å². The van der Waals surface area contributed by atoms with Gasteiger partial charge in [-0.1, -0.05) is 0 Å². The van der Waals surface area contributed by atoms with Gasteiger partial charge in [-0.25, -0.2) is 4.98 Å². The highest BCUT2D eigenvalue weighted by Crippen LogP contribution is 2.29. The Hall–Kier alpha value is -2.16. The molecule has 1 aliphatic rings. The van der Waals surface area contributed by atoms with Crippen LogP contribution in [0.3, 0.4) is 0 Å². The summed E-state index contributed by atoms with van der Waals surface area (Å²) in [4.78, 5) is 22.1. The lowest BCUT2D eigenvalue weighted by Crippen LogP contribution is -2.45. The predicted molar refractivity (Wildman–Crippen MR) is 93.9 cm³/mol. The Bertz CT molecular complexity index is 774. The summed E-state index contributed by atoms with van der Waals surface area (Å²) in [7, 11) is 0. The standard InChI is InChI=1S/C17H16BrF3N4O/c18-13-7-11(8-22-10-13)16(26)24-14-3-5-25(6-4-14)15-2-1-12(9-23-15)17(19,20)21/h1-2,7-10,14H,3-6H2,(H,24,26). The summed E-state index contributed by atoms with van der Waals surface area (Å²) in [6.07, 6.45) is 0.951. The predicted octanol–water partition coefficient (Wildman–Crippen LogP) is 3.66. The first-order valence-corrected chi connectivity index (χ1v) is 8.82.